The van der Waals surface area contributed by atoms with Crippen LogP contribution in [0, 0.1) is 0 Å². The Labute approximate surface area is 307 Å². The molecule has 0 aliphatic heterocycles. The second kappa shape index (κ2) is 16.3. The lowest BCUT2D eigenvalue weighted by atomic mass is 9.81. The van der Waals surface area contributed by atoms with Crippen molar-refractivity contribution < 1.29 is 29.4 Å². The van der Waals surface area contributed by atoms with Gasteiger partial charge in [0.05, 0.1) is 38.8 Å². The molecule has 0 N–H and O–H groups in total. The Balaban J connectivity index is 0.000000179. The van der Waals surface area contributed by atoms with Crippen molar-refractivity contribution in [2.24, 2.45) is 0 Å². The number of sulfone groups is 2. The predicted molar refractivity (Wildman–Crippen MR) is 200 cm³/mol. The quantitative estimate of drug-likeness (QED) is 0.126. The Morgan fingerprint density at radius 3 is 1.62 bits per heavy atom. The zero-order valence-electron chi connectivity index (χ0n) is 29.2. The highest BCUT2D eigenvalue weighted by molar-refractivity contribution is 7.91. The Morgan fingerprint density at radius 1 is 0.654 bits per heavy atom. The van der Waals surface area contributed by atoms with E-state index in [1.54, 1.807) is 79.0 Å². The van der Waals surface area contributed by atoms with E-state index in [2.05, 4.69) is 9.55 Å². The van der Waals surface area contributed by atoms with E-state index in [-0.39, 0.29) is 17.4 Å². The summed E-state index contributed by atoms with van der Waals surface area (Å²) >= 11 is 0. The van der Waals surface area contributed by atoms with E-state index in [0.29, 0.717) is 27.0 Å². The maximum atomic E-state index is 12.9. The summed E-state index contributed by atoms with van der Waals surface area (Å²) in [5, 5.41) is 0. The van der Waals surface area contributed by atoms with Gasteiger partial charge in [0.25, 0.3) is 10.1 Å². The van der Waals surface area contributed by atoms with E-state index in [4.69, 9.17) is 4.18 Å². The Hall–Kier alpha value is -4.10. The van der Waals surface area contributed by atoms with Crippen molar-refractivity contribution in [3.63, 3.8) is 0 Å². The molecule has 2 atom stereocenters. The molecule has 2 aliphatic rings. The number of aryl methyl sites for hydroxylation is 3. The third-order valence-electron chi connectivity index (χ3n) is 9.89. The fraction of sp³-hybridized carbons (Fsp3) is 0.325. The number of benzene rings is 4. The van der Waals surface area contributed by atoms with Gasteiger partial charge >= 0.3 is 0 Å². The van der Waals surface area contributed by atoms with E-state index >= 15 is 0 Å². The van der Waals surface area contributed by atoms with Crippen LogP contribution < -0.4 is 0 Å². The van der Waals surface area contributed by atoms with Crippen LogP contribution in [0.15, 0.2) is 135 Å². The molecule has 52 heavy (non-hydrogen) atoms. The van der Waals surface area contributed by atoms with Gasteiger partial charge in [0.1, 0.15) is 0 Å². The Morgan fingerprint density at radius 2 is 1.15 bits per heavy atom. The number of imidazole rings is 1. The van der Waals surface area contributed by atoms with E-state index in [1.165, 1.54) is 11.1 Å². The normalized spacial score (nSPS) is 17.3. The van der Waals surface area contributed by atoms with Gasteiger partial charge in [0, 0.05) is 18.9 Å². The molecule has 12 heteroatoms. The lowest BCUT2D eigenvalue weighted by Gasteiger charge is -2.26. The molecule has 274 valence electrons. The molecule has 0 amide bonds. The van der Waals surface area contributed by atoms with Gasteiger partial charge < -0.3 is 4.57 Å². The number of aromatic nitrogens is 2. The van der Waals surface area contributed by atoms with Crippen LogP contribution in [0.1, 0.15) is 72.6 Å². The summed E-state index contributed by atoms with van der Waals surface area (Å²) in [5.41, 5.74) is 4.62. The van der Waals surface area contributed by atoms with Gasteiger partial charge in [-0.3, -0.25) is 4.18 Å². The molecular weight excluding hydrogens is 717 g/mol. The third kappa shape index (κ3) is 9.09. The van der Waals surface area contributed by atoms with E-state index in [9.17, 15) is 25.3 Å². The van der Waals surface area contributed by atoms with Crippen molar-refractivity contribution in [2.75, 3.05) is 12.9 Å². The summed E-state index contributed by atoms with van der Waals surface area (Å²) in [7, 11) is -10.4. The van der Waals surface area contributed by atoms with Crippen molar-refractivity contribution in [3.05, 3.63) is 138 Å². The molecule has 2 unspecified atom stereocenters. The number of rotatable bonds is 11. The zero-order chi connectivity index (χ0) is 36.8. The minimum absolute atomic E-state index is 0.146. The van der Waals surface area contributed by atoms with Crippen LogP contribution in [0.2, 0.25) is 0 Å². The molecule has 1 heterocycles. The zero-order valence-corrected chi connectivity index (χ0v) is 31.6. The molecule has 0 fully saturated rings. The minimum atomic E-state index is -3.53. The van der Waals surface area contributed by atoms with E-state index in [0.717, 1.165) is 68.9 Å². The molecule has 1 aromatic heterocycles. The highest BCUT2D eigenvalue weighted by Crippen LogP contribution is 2.37. The van der Waals surface area contributed by atoms with E-state index in [1.807, 2.05) is 36.8 Å². The highest BCUT2D eigenvalue weighted by Gasteiger charge is 2.26. The van der Waals surface area contributed by atoms with Crippen molar-refractivity contribution >= 4 is 29.8 Å². The second-order valence-electron chi connectivity index (χ2n) is 13.4. The van der Waals surface area contributed by atoms with Crippen LogP contribution in [-0.2, 0) is 53.4 Å². The SMILES string of the molecule is CS(=O)(=O)OCCC1CCCc2cc(S(=O)(=O)c3ccccc3)ccc21.O=S(=O)(c1ccccc1)c1ccc2c(c1)CCCC2CCn1ccnc1. The van der Waals surface area contributed by atoms with Crippen LogP contribution in [0.3, 0.4) is 0 Å². The molecule has 2 aliphatic carbocycles. The summed E-state index contributed by atoms with van der Waals surface area (Å²) in [5.74, 6) is 0.670. The van der Waals surface area contributed by atoms with Gasteiger partial charge in [-0.15, -0.1) is 0 Å². The van der Waals surface area contributed by atoms with Crippen LogP contribution in [0.5, 0.6) is 0 Å². The first-order valence-electron chi connectivity index (χ1n) is 17.6. The first-order valence-corrected chi connectivity index (χ1v) is 22.4. The fourth-order valence-electron chi connectivity index (χ4n) is 7.25. The summed E-state index contributed by atoms with van der Waals surface area (Å²) in [6.45, 7) is 1.08. The third-order valence-corrected chi connectivity index (χ3v) is 14.0. The number of nitrogens with zero attached hydrogens (tertiary/aromatic N) is 2. The lowest BCUT2D eigenvalue weighted by Crippen LogP contribution is -2.14. The predicted octanol–water partition coefficient (Wildman–Crippen LogP) is 7.53. The first-order chi connectivity index (χ1) is 24.9. The minimum Gasteiger partial charge on any atom is -0.337 e. The summed E-state index contributed by atoms with van der Waals surface area (Å²) in [4.78, 5) is 5.44. The van der Waals surface area contributed by atoms with Gasteiger partial charge in [-0.25, -0.2) is 21.8 Å². The van der Waals surface area contributed by atoms with Crippen LogP contribution in [0.25, 0.3) is 0 Å². The largest absolute Gasteiger partial charge is 0.337 e. The maximum absolute atomic E-state index is 12.9. The Kier molecular flexibility index (Phi) is 11.8. The van der Waals surface area contributed by atoms with Crippen LogP contribution >= 0.6 is 0 Å². The standard InChI is InChI=1S/C21H22N2O2S.C19H22O5S2/c24-26(25,19-7-2-1-3-8-19)20-9-10-21-17(5-4-6-18(21)15-20)11-13-23-14-12-22-16-23;1-25(20,21)24-13-12-15-6-5-7-16-14-18(10-11-19(15)16)26(22,23)17-8-3-2-4-9-17/h1-3,7-10,12,14-17H,4-6,11,13H2;2-4,8-11,14-15H,5-7,12-13H2,1H3. The molecular formula is C40H44N2O7S3. The number of hydrogen-bond donors (Lipinski definition) is 0. The topological polar surface area (TPSA) is 129 Å². The van der Waals surface area contributed by atoms with Gasteiger partial charge in [-0.05, 0) is 134 Å². The monoisotopic (exact) mass is 760 g/mol. The Bertz CT molecular complexity index is 2290. The summed E-state index contributed by atoms with van der Waals surface area (Å²) < 4.78 is 80.5. The van der Waals surface area contributed by atoms with Gasteiger partial charge in [0.15, 0.2) is 0 Å². The van der Waals surface area contributed by atoms with Crippen molar-refractivity contribution in [1.82, 2.24) is 9.55 Å². The average Bonchev–Trinajstić information content (AvgIpc) is 3.68. The summed E-state index contributed by atoms with van der Waals surface area (Å²) in [6.07, 6.45) is 14.3. The second-order valence-corrected chi connectivity index (χ2v) is 19.0. The number of hydrogen-bond acceptors (Lipinski definition) is 8. The molecule has 0 bridgehead atoms. The number of fused-ring (bicyclic) bond motifs is 2. The van der Waals surface area contributed by atoms with Gasteiger partial charge in [-0.2, -0.15) is 8.42 Å². The summed E-state index contributed by atoms with van der Waals surface area (Å²) in [6, 6.07) is 28.0. The van der Waals surface area contributed by atoms with Crippen molar-refractivity contribution in [2.45, 2.75) is 89.3 Å². The van der Waals surface area contributed by atoms with Crippen LogP contribution in [0.4, 0.5) is 0 Å². The highest BCUT2D eigenvalue weighted by atomic mass is 32.2. The first kappa shape index (κ1) is 37.7. The average molecular weight is 761 g/mol. The molecule has 0 saturated heterocycles. The smallest absolute Gasteiger partial charge is 0.264 e. The lowest BCUT2D eigenvalue weighted by molar-refractivity contribution is 0.296. The van der Waals surface area contributed by atoms with Crippen LogP contribution in [-0.4, -0.2) is 47.7 Å². The van der Waals surface area contributed by atoms with Crippen molar-refractivity contribution in [3.8, 4) is 0 Å². The van der Waals surface area contributed by atoms with E-state index < -0.39 is 29.8 Å². The maximum Gasteiger partial charge on any atom is 0.264 e. The molecule has 4 aromatic carbocycles. The molecule has 7 rings (SSSR count). The molecule has 0 spiro atoms. The fourth-order valence-corrected chi connectivity index (χ4v) is 10.3. The van der Waals surface area contributed by atoms with Crippen molar-refractivity contribution in [1.29, 1.82) is 0 Å². The van der Waals surface area contributed by atoms with Gasteiger partial charge in [0.2, 0.25) is 19.7 Å². The van der Waals surface area contributed by atoms with Gasteiger partial charge in [-0.1, -0.05) is 48.5 Å². The molecule has 5 aromatic rings. The molecule has 9 nitrogen and oxygen atoms in total. The molecule has 0 radical (unpaired) electrons. The molecule has 0 saturated carbocycles.